The molecule has 55 valence electrons. The molecule has 0 atom stereocenters. The first-order valence-corrected chi connectivity index (χ1v) is 2.62. The average molecular weight is 214 g/mol. The Morgan fingerprint density at radius 1 is 1.12 bits per heavy atom. The zero-order valence-corrected chi connectivity index (χ0v) is 6.42. The molecule has 0 saturated carbocycles. The molecule has 0 saturated heterocycles. The van der Waals surface area contributed by atoms with Gasteiger partial charge in [0.15, 0.2) is 0 Å². The third kappa shape index (κ3) is 16.1. The first kappa shape index (κ1) is 11.3. The van der Waals surface area contributed by atoms with Gasteiger partial charge in [0, 0.05) is 14.2 Å². The van der Waals surface area contributed by atoms with Crippen molar-refractivity contribution < 1.29 is 33.8 Å². The monoisotopic (exact) mass is 213 g/mol. The van der Waals surface area contributed by atoms with Crippen molar-refractivity contribution in [2.24, 2.45) is 0 Å². The Labute approximate surface area is 61.6 Å². The van der Waals surface area contributed by atoms with Gasteiger partial charge < -0.3 is 9.47 Å². The van der Waals surface area contributed by atoms with E-state index in [1.54, 1.807) is 35.3 Å². The van der Waals surface area contributed by atoms with Gasteiger partial charge in [-0.2, -0.15) is 0 Å². The van der Waals surface area contributed by atoms with Crippen molar-refractivity contribution >= 4 is 0 Å². The Balaban J connectivity index is 0. The van der Waals surface area contributed by atoms with E-state index >= 15 is 0 Å². The van der Waals surface area contributed by atoms with Crippen molar-refractivity contribution in [3.05, 3.63) is 0 Å². The summed E-state index contributed by atoms with van der Waals surface area (Å²) in [6.45, 7) is 1.38. The number of rotatable bonds is 3. The average Bonchev–Trinajstić information content (AvgIpc) is 1.88. The summed E-state index contributed by atoms with van der Waals surface area (Å²) in [5.74, 6) is 0. The summed E-state index contributed by atoms with van der Waals surface area (Å²) < 4.78 is 17.4. The van der Waals surface area contributed by atoms with Crippen LogP contribution in [-0.2, 0) is 33.8 Å². The van der Waals surface area contributed by atoms with Gasteiger partial charge in [-0.1, -0.05) is 0 Å². The van der Waals surface area contributed by atoms with Crippen LogP contribution in [0.2, 0.25) is 0 Å². The fourth-order valence-corrected chi connectivity index (χ4v) is 0.167. The van der Waals surface area contributed by atoms with Gasteiger partial charge in [0.2, 0.25) is 0 Å². The third-order valence-electron chi connectivity index (χ3n) is 0.492. The number of hydrogen-bond acceptors (Lipinski definition) is 3. The van der Waals surface area contributed by atoms with Gasteiger partial charge in [-0.3, -0.25) is 0 Å². The van der Waals surface area contributed by atoms with E-state index < -0.39 is 0 Å². The Bertz CT molecular complexity index is 30.5. The molecule has 0 N–H and O–H groups in total. The van der Waals surface area contributed by atoms with Crippen LogP contribution in [0.15, 0.2) is 0 Å². The van der Waals surface area contributed by atoms with Crippen molar-refractivity contribution in [3.63, 3.8) is 0 Å². The van der Waals surface area contributed by atoms with E-state index in [0.717, 1.165) is 0 Å². The molecule has 0 aliphatic heterocycles. The summed E-state index contributed by atoms with van der Waals surface area (Å²) in [5.41, 5.74) is 0. The molecule has 0 spiro atoms. The number of methoxy groups -OCH3 is 2. The molecule has 0 radical (unpaired) electrons. The SMILES string of the molecule is COCCOC.[O]=[Ag]. The molecule has 0 bridgehead atoms. The maximum atomic E-state index is 8.06. The van der Waals surface area contributed by atoms with Crippen LogP contribution in [0.5, 0.6) is 0 Å². The summed E-state index contributed by atoms with van der Waals surface area (Å²) >= 11 is 1.70. The predicted molar refractivity (Wildman–Crippen MR) is 24.4 cm³/mol. The maximum absolute atomic E-state index is 8.06. The molecule has 0 heterocycles. The Morgan fingerprint density at radius 2 is 1.38 bits per heavy atom. The molecule has 0 fully saturated rings. The summed E-state index contributed by atoms with van der Waals surface area (Å²) in [4.78, 5) is 0. The van der Waals surface area contributed by atoms with Crippen LogP contribution in [0.1, 0.15) is 0 Å². The van der Waals surface area contributed by atoms with Gasteiger partial charge in [-0.25, -0.2) is 0 Å². The minimum atomic E-state index is 0.691. The topological polar surface area (TPSA) is 35.5 Å². The van der Waals surface area contributed by atoms with Gasteiger partial charge >= 0.3 is 24.3 Å². The van der Waals surface area contributed by atoms with Crippen molar-refractivity contribution in [2.75, 3.05) is 27.4 Å². The fourth-order valence-electron chi connectivity index (χ4n) is 0.167. The van der Waals surface area contributed by atoms with Crippen LogP contribution < -0.4 is 0 Å². The second kappa shape index (κ2) is 15.7. The summed E-state index contributed by atoms with van der Waals surface area (Å²) in [7, 11) is 3.30. The molecule has 0 rings (SSSR count). The first-order chi connectivity index (χ1) is 3.91. The molecule has 0 aromatic heterocycles. The molecule has 4 heteroatoms. The Morgan fingerprint density at radius 3 is 1.50 bits per heavy atom. The molecule has 0 aromatic carbocycles. The minimum absolute atomic E-state index is 0.691. The van der Waals surface area contributed by atoms with E-state index in [1.165, 1.54) is 0 Å². The molecule has 0 aromatic rings. The molecule has 0 aliphatic rings. The van der Waals surface area contributed by atoms with Gasteiger partial charge in [0.05, 0.1) is 13.2 Å². The molecular formula is C4H10AgO3. The Kier molecular flexibility index (Phi) is 22.1. The summed E-state index contributed by atoms with van der Waals surface area (Å²) in [5, 5.41) is 0. The second-order valence-corrected chi connectivity index (χ2v) is 0.986. The van der Waals surface area contributed by atoms with Crippen molar-refractivity contribution in [2.45, 2.75) is 0 Å². The third-order valence-corrected chi connectivity index (χ3v) is 0.492. The summed E-state index contributed by atoms with van der Waals surface area (Å²) in [6.07, 6.45) is 0. The fraction of sp³-hybridized carbons (Fsp3) is 1.00. The zero-order chi connectivity index (χ0) is 6.83. The van der Waals surface area contributed by atoms with Crippen LogP contribution in [0.3, 0.4) is 0 Å². The van der Waals surface area contributed by atoms with E-state index in [1.807, 2.05) is 0 Å². The van der Waals surface area contributed by atoms with E-state index in [2.05, 4.69) is 9.47 Å². The second-order valence-electron chi connectivity index (χ2n) is 0.986. The predicted octanol–water partition coefficient (Wildman–Crippen LogP) is 0.158. The number of ether oxygens (including phenoxy) is 2. The molecule has 0 aliphatic carbocycles. The van der Waals surface area contributed by atoms with Crippen LogP contribution in [-0.4, -0.2) is 27.4 Å². The van der Waals surface area contributed by atoms with Crippen molar-refractivity contribution in [1.29, 1.82) is 0 Å². The van der Waals surface area contributed by atoms with E-state index in [4.69, 9.17) is 3.25 Å². The molecular weight excluding hydrogens is 204 g/mol. The van der Waals surface area contributed by atoms with Crippen molar-refractivity contribution in [3.8, 4) is 0 Å². The van der Waals surface area contributed by atoms with Gasteiger partial charge in [0.1, 0.15) is 0 Å². The first-order valence-electron chi connectivity index (χ1n) is 2.02. The van der Waals surface area contributed by atoms with Crippen LogP contribution in [0.4, 0.5) is 0 Å². The van der Waals surface area contributed by atoms with Gasteiger partial charge in [0.25, 0.3) is 0 Å². The van der Waals surface area contributed by atoms with Crippen molar-refractivity contribution in [1.82, 2.24) is 0 Å². The van der Waals surface area contributed by atoms with Gasteiger partial charge in [-0.15, -0.1) is 0 Å². The van der Waals surface area contributed by atoms with E-state index in [-0.39, 0.29) is 0 Å². The van der Waals surface area contributed by atoms with E-state index in [0.29, 0.717) is 13.2 Å². The van der Waals surface area contributed by atoms with Crippen LogP contribution >= 0.6 is 0 Å². The van der Waals surface area contributed by atoms with Crippen LogP contribution in [0, 0.1) is 0 Å². The Hall–Kier alpha value is 0.460. The number of hydrogen-bond donors (Lipinski definition) is 0. The normalized spacial score (nSPS) is 7.50. The quantitative estimate of drug-likeness (QED) is 0.495. The zero-order valence-electron chi connectivity index (χ0n) is 4.94. The molecule has 3 nitrogen and oxygen atoms in total. The van der Waals surface area contributed by atoms with Crippen LogP contribution in [0.25, 0.3) is 0 Å². The van der Waals surface area contributed by atoms with E-state index in [9.17, 15) is 0 Å². The summed E-state index contributed by atoms with van der Waals surface area (Å²) in [6, 6.07) is 0. The molecule has 0 unspecified atom stereocenters. The van der Waals surface area contributed by atoms with Gasteiger partial charge in [-0.05, 0) is 0 Å². The molecule has 0 amide bonds. The molecule has 8 heavy (non-hydrogen) atoms. The standard InChI is InChI=1S/C4H10O2.Ag.O/c1-5-3-4-6-2;;/h3-4H2,1-2H3;;.